The highest BCUT2D eigenvalue weighted by Gasteiger charge is 2.65. The van der Waals surface area contributed by atoms with Crippen molar-refractivity contribution in [1.82, 2.24) is 29.2 Å². The van der Waals surface area contributed by atoms with E-state index >= 15 is 9.59 Å². The van der Waals surface area contributed by atoms with Crippen LogP contribution in [0.2, 0.25) is 0 Å². The van der Waals surface area contributed by atoms with Crippen molar-refractivity contribution in [3.05, 3.63) is 85.2 Å². The van der Waals surface area contributed by atoms with E-state index in [4.69, 9.17) is 28.4 Å². The summed E-state index contributed by atoms with van der Waals surface area (Å²) in [7, 11) is -4.95. The molecule has 116 heavy (non-hydrogen) atoms. The second-order valence-corrected chi connectivity index (χ2v) is 40.1. The van der Waals surface area contributed by atoms with Crippen molar-refractivity contribution < 1.29 is 101 Å². The maximum Gasteiger partial charge on any atom is 0.307 e. The van der Waals surface area contributed by atoms with E-state index < -0.39 is 171 Å². The molecule has 6 heterocycles. The molecule has 0 radical (unpaired) electrons. The Morgan fingerprint density at radius 2 is 0.888 bits per heavy atom. The highest BCUT2D eigenvalue weighted by atomic mass is 32.2. The summed E-state index contributed by atoms with van der Waals surface area (Å²) in [6.07, 6.45) is 14.7. The number of pyridine rings is 2. The topological polar surface area (TPSA) is 317 Å². The molecule has 0 bridgehead atoms. The molecule has 8 aliphatic rings. The van der Waals surface area contributed by atoms with Gasteiger partial charge < -0.3 is 38.2 Å². The fraction of sp³-hybridized carbons (Fsp3) is 0.651. The number of hydrogen-bond acceptors (Lipinski definition) is 20. The molecule has 30 heteroatoms. The molecule has 2 aromatic heterocycles. The quantitative estimate of drug-likeness (QED) is 0.0419. The lowest BCUT2D eigenvalue weighted by molar-refractivity contribution is -0.197. The molecule has 12 rings (SSSR count). The van der Waals surface area contributed by atoms with Gasteiger partial charge in [-0.3, -0.25) is 47.8 Å². The zero-order valence-electron chi connectivity index (χ0n) is 69.0. The Morgan fingerprint density at radius 1 is 0.543 bits per heavy atom. The summed E-state index contributed by atoms with van der Waals surface area (Å²) >= 11 is 0. The third-order valence-electron chi connectivity index (χ3n) is 26.3. The van der Waals surface area contributed by atoms with E-state index in [1.807, 2.05) is 101 Å². The molecular weight excluding hydrogens is 1550 g/mol. The third kappa shape index (κ3) is 18.9. The summed E-state index contributed by atoms with van der Waals surface area (Å²) in [5.74, 6) is -13.9. The third-order valence-corrected chi connectivity index (χ3v) is 30.7. The average Bonchev–Trinajstić information content (AvgIpc) is 1.57. The summed E-state index contributed by atoms with van der Waals surface area (Å²) in [5.41, 5.74) is -6.97. The number of hydrogen-bond donors (Lipinski definition) is 2. The first-order chi connectivity index (χ1) is 54.3. The maximum atomic E-state index is 15.0. The molecule has 14 atom stereocenters. The second-order valence-electron chi connectivity index (χ2n) is 35.7. The number of benzene rings is 2. The average molecular weight is 1660 g/mol. The van der Waals surface area contributed by atoms with Crippen LogP contribution in [0.3, 0.4) is 0 Å². The van der Waals surface area contributed by atoms with E-state index in [0.717, 1.165) is 51.3 Å². The Hall–Kier alpha value is -8.28. The molecule has 24 nitrogen and oxygen atoms in total. The van der Waals surface area contributed by atoms with Gasteiger partial charge >= 0.3 is 11.9 Å². The van der Waals surface area contributed by atoms with Gasteiger partial charge in [-0.05, 0) is 166 Å². The van der Waals surface area contributed by atoms with Crippen LogP contribution in [0.5, 0.6) is 23.3 Å². The van der Waals surface area contributed by atoms with Gasteiger partial charge in [0.05, 0.1) is 96.8 Å². The second kappa shape index (κ2) is 33.8. The minimum Gasteiger partial charge on any atom is -0.494 e. The number of ketones is 2. The Kier molecular flexibility index (Phi) is 25.8. The molecule has 4 aliphatic carbocycles. The Labute approximate surface area is 677 Å². The normalized spacial score (nSPS) is 29.6. The standard InChI is InChI=1S/2C43H57F2N3O9S/c2*1-8-27-19-26(2)13-9-10-14-28-22-43(28,39(52)47-58(53,54)41(5)17-18-41)23-34(49)33-20-29(56-37-31-16-12-11-15-30(31)35(55-7)24-46-37)25-48(33)38(51)32(27)21-36(50)57-40(3,4)42(6,44)45/h2*10-12,14-16,24,26-29,32-33H,8-9,13,17-23,25H2,1-7H3,(H,47,52)/b2*14-10-/t26-,27+,28+,29+,32-,33-,43+;26-,27-,28-,29-,32+,33+,43-/m01/s1. The summed E-state index contributed by atoms with van der Waals surface area (Å²) in [6.45, 7) is 16.8. The number of fused-ring (bicyclic) bond motifs is 6. The van der Waals surface area contributed by atoms with Gasteiger partial charge in [0, 0.05) is 61.1 Å². The molecule has 4 saturated carbocycles. The summed E-state index contributed by atoms with van der Waals surface area (Å²) in [5, 5.41) is 2.78. The van der Waals surface area contributed by atoms with Crippen molar-refractivity contribution in [3.63, 3.8) is 0 Å². The van der Waals surface area contributed by atoms with Crippen LogP contribution in [-0.4, -0.2) is 168 Å². The van der Waals surface area contributed by atoms with Gasteiger partial charge in [0.25, 0.3) is 11.8 Å². The van der Waals surface area contributed by atoms with E-state index in [1.165, 1.54) is 36.4 Å². The molecular formula is C86H114F4N6O18S2. The Balaban J connectivity index is 0.000000228. The van der Waals surface area contributed by atoms with Gasteiger partial charge in [-0.1, -0.05) is 101 Å². The fourth-order valence-corrected chi connectivity index (χ4v) is 19.7. The zero-order chi connectivity index (χ0) is 84.8. The molecule has 2 N–H and O–H groups in total. The number of ether oxygens (including phenoxy) is 6. The van der Waals surface area contributed by atoms with Gasteiger partial charge in [0.15, 0.2) is 22.8 Å². The molecule has 4 amide bonds. The number of rotatable bonds is 22. The minimum absolute atomic E-state index is 0.0284. The van der Waals surface area contributed by atoms with Crippen molar-refractivity contribution in [2.75, 3.05) is 27.3 Å². The van der Waals surface area contributed by atoms with Crippen molar-refractivity contribution in [2.45, 2.75) is 268 Å². The number of allylic oxidation sites excluding steroid dienone is 4. The van der Waals surface area contributed by atoms with Crippen LogP contribution in [0.1, 0.15) is 212 Å². The highest BCUT2D eigenvalue weighted by molar-refractivity contribution is 7.92. The Bertz CT molecular complexity index is 4420. The van der Waals surface area contributed by atoms with E-state index in [-0.39, 0.29) is 87.0 Å². The van der Waals surface area contributed by atoms with Gasteiger partial charge in [0.2, 0.25) is 55.4 Å². The number of carbonyl (C=O) groups is 8. The van der Waals surface area contributed by atoms with Crippen LogP contribution < -0.4 is 28.4 Å². The number of nitrogens with one attached hydrogen (secondary N) is 2. The number of amides is 4. The number of carbonyl (C=O) groups excluding carboxylic acids is 8. The number of methoxy groups -OCH3 is 2. The first kappa shape index (κ1) is 88.5. The van der Waals surface area contributed by atoms with E-state index in [9.17, 15) is 63.2 Å². The number of esters is 2. The molecule has 0 unspecified atom stereocenters. The number of sulfonamides is 2. The van der Waals surface area contributed by atoms with Crippen molar-refractivity contribution in [2.24, 2.45) is 58.2 Å². The van der Waals surface area contributed by atoms with Crippen LogP contribution in [0.4, 0.5) is 17.6 Å². The van der Waals surface area contributed by atoms with E-state index in [1.54, 1.807) is 13.8 Å². The van der Waals surface area contributed by atoms with Gasteiger partial charge in [0.1, 0.15) is 23.7 Å². The van der Waals surface area contributed by atoms with Crippen molar-refractivity contribution in [3.8, 4) is 23.3 Å². The summed E-state index contributed by atoms with van der Waals surface area (Å²) in [6, 6.07) is 12.5. The van der Waals surface area contributed by atoms with Crippen LogP contribution in [0, 0.1) is 58.2 Å². The van der Waals surface area contributed by atoms with Crippen LogP contribution in [-0.2, 0) is 67.9 Å². The van der Waals surface area contributed by atoms with E-state index in [0.29, 0.717) is 100 Å². The SMILES string of the molecule is CC[C@@H]1C[C@@H](C)CC/C=C\[C@@H]2C[C@@]2(C(=O)NS(=O)(=O)C2(C)CC2)CC(=O)[C@@H]2C[C@@H](Oc3ncc(OC)c4ccccc34)CN2C(=O)[C@H]1CC(=O)OC(C)(C)C(C)(F)F.CC[C@@H]1C[C@H](C)CC/C=C\[C@@H]2C[C@@]2(C(=O)NS(=O)(=O)C2(C)CC2)CC(=O)[C@@H]2C[C@@H](Oc3ncc(OC)c4ccccc34)CN2C(=O)[C@H]1CC(=O)OC(C)(C)C(C)(F)F. The van der Waals surface area contributed by atoms with Crippen molar-refractivity contribution >= 4 is 88.7 Å². The monoisotopic (exact) mass is 1660 g/mol. The predicted octanol–water partition coefficient (Wildman–Crippen LogP) is 13.9. The fourth-order valence-electron chi connectivity index (χ4n) is 17.0. The largest absolute Gasteiger partial charge is 0.494 e. The van der Waals surface area contributed by atoms with Crippen LogP contribution in [0.15, 0.2) is 85.2 Å². The number of nitrogens with zero attached hydrogens (tertiary/aromatic N) is 4. The maximum absolute atomic E-state index is 15.0. The lowest BCUT2D eigenvalue weighted by Gasteiger charge is -2.35. The molecule has 4 aliphatic heterocycles. The van der Waals surface area contributed by atoms with Crippen LogP contribution in [0.25, 0.3) is 21.5 Å². The molecule has 0 spiro atoms. The first-order valence-electron chi connectivity index (χ1n) is 40.8. The predicted molar refractivity (Wildman–Crippen MR) is 425 cm³/mol. The highest BCUT2D eigenvalue weighted by Crippen LogP contribution is 2.60. The smallest absolute Gasteiger partial charge is 0.307 e. The minimum atomic E-state index is -4.01. The zero-order valence-corrected chi connectivity index (χ0v) is 70.7. The number of halogens is 4. The number of Topliss-reactive ketones (excluding diaryl/α,β-unsaturated/α-hetero) is 2. The molecule has 636 valence electrons. The first-order valence-corrected chi connectivity index (χ1v) is 43.8. The summed E-state index contributed by atoms with van der Waals surface area (Å²) in [4.78, 5) is 126. The molecule has 6 fully saturated rings. The molecule has 2 saturated heterocycles. The molecule has 2 aromatic carbocycles. The molecule has 4 aromatic rings. The van der Waals surface area contributed by atoms with Gasteiger partial charge in [-0.15, -0.1) is 0 Å². The lowest BCUT2D eigenvalue weighted by atomic mass is 9.79. The van der Waals surface area contributed by atoms with E-state index in [2.05, 4.69) is 19.4 Å². The van der Waals surface area contributed by atoms with Crippen molar-refractivity contribution in [1.29, 1.82) is 0 Å². The lowest BCUT2D eigenvalue weighted by Crippen LogP contribution is -2.49. The van der Waals surface area contributed by atoms with Gasteiger partial charge in [-0.25, -0.2) is 44.4 Å². The van der Waals surface area contributed by atoms with Crippen LogP contribution >= 0.6 is 0 Å². The number of aromatic nitrogens is 2. The van der Waals surface area contributed by atoms with Gasteiger partial charge in [-0.2, -0.15) is 0 Å². The Morgan fingerprint density at radius 3 is 1.21 bits per heavy atom. The summed E-state index contributed by atoms with van der Waals surface area (Å²) < 4.78 is 148. The number of alkyl halides is 4.